The molecule has 0 bridgehead atoms. The summed E-state index contributed by atoms with van der Waals surface area (Å²) < 4.78 is 1.02. The van der Waals surface area contributed by atoms with Crippen LogP contribution in [0.3, 0.4) is 0 Å². The van der Waals surface area contributed by atoms with Crippen LogP contribution in [0.15, 0.2) is 34.9 Å². The summed E-state index contributed by atoms with van der Waals surface area (Å²) in [5.74, 6) is 0. The normalized spacial score (nSPS) is 20.2. The minimum absolute atomic E-state index is 0.634. The number of anilines is 1. The number of hydrogen-bond acceptors (Lipinski definition) is 3. The molecule has 1 N–H and O–H groups in total. The smallest absolute Gasteiger partial charge is 0.0934 e. The summed E-state index contributed by atoms with van der Waals surface area (Å²) in [4.78, 5) is 7.00. The van der Waals surface area contributed by atoms with E-state index in [0.717, 1.165) is 22.2 Å². The number of halogens is 1. The first-order valence-corrected chi connectivity index (χ1v) is 8.02. The standard InChI is InChI=1S/C16H20BrN3/c1-20-8-3-2-6-14(20)11-18-15-7-4-5-12-9-13(17)10-19-16(12)15/h4-5,7,9-10,14,18H,2-3,6,8,11H2,1H3. The Morgan fingerprint density at radius 1 is 1.40 bits per heavy atom. The lowest BCUT2D eigenvalue weighted by atomic mass is 10.0. The van der Waals surface area contributed by atoms with Crippen molar-refractivity contribution in [3.05, 3.63) is 34.9 Å². The van der Waals surface area contributed by atoms with E-state index in [4.69, 9.17) is 0 Å². The number of fused-ring (bicyclic) bond motifs is 1. The lowest BCUT2D eigenvalue weighted by molar-refractivity contribution is 0.195. The molecule has 1 atom stereocenters. The lowest BCUT2D eigenvalue weighted by Crippen LogP contribution is -2.40. The Labute approximate surface area is 128 Å². The minimum atomic E-state index is 0.634. The zero-order valence-electron chi connectivity index (χ0n) is 11.8. The number of nitrogens with zero attached hydrogens (tertiary/aromatic N) is 2. The molecule has 0 radical (unpaired) electrons. The highest BCUT2D eigenvalue weighted by Gasteiger charge is 2.18. The number of likely N-dealkylation sites (N-methyl/N-ethyl adjacent to an activating group) is 1. The van der Waals surface area contributed by atoms with E-state index in [2.05, 4.69) is 62.4 Å². The van der Waals surface area contributed by atoms with E-state index in [-0.39, 0.29) is 0 Å². The number of hydrogen-bond donors (Lipinski definition) is 1. The van der Waals surface area contributed by atoms with E-state index >= 15 is 0 Å². The number of pyridine rings is 1. The number of aromatic nitrogens is 1. The van der Waals surface area contributed by atoms with Gasteiger partial charge in [-0.05, 0) is 54.5 Å². The van der Waals surface area contributed by atoms with Crippen molar-refractivity contribution in [2.24, 2.45) is 0 Å². The molecule has 0 aliphatic carbocycles. The number of nitrogens with one attached hydrogen (secondary N) is 1. The first-order valence-electron chi connectivity index (χ1n) is 7.22. The predicted molar refractivity (Wildman–Crippen MR) is 88.2 cm³/mol. The summed E-state index contributed by atoms with van der Waals surface area (Å²) in [6.45, 7) is 2.21. The van der Waals surface area contributed by atoms with Crippen molar-refractivity contribution in [3.8, 4) is 0 Å². The first-order chi connectivity index (χ1) is 9.74. The molecule has 4 heteroatoms. The van der Waals surface area contributed by atoms with E-state index in [1.165, 1.54) is 31.2 Å². The second-order valence-electron chi connectivity index (χ2n) is 5.54. The van der Waals surface area contributed by atoms with Gasteiger partial charge in [-0.2, -0.15) is 0 Å². The second kappa shape index (κ2) is 6.10. The Hall–Kier alpha value is -1.13. The van der Waals surface area contributed by atoms with Crippen LogP contribution in [0.1, 0.15) is 19.3 Å². The molecule has 0 amide bonds. The molecule has 3 rings (SSSR count). The van der Waals surface area contributed by atoms with E-state index in [0.29, 0.717) is 6.04 Å². The maximum Gasteiger partial charge on any atom is 0.0934 e. The zero-order chi connectivity index (χ0) is 13.9. The van der Waals surface area contributed by atoms with Crippen LogP contribution in [0.5, 0.6) is 0 Å². The van der Waals surface area contributed by atoms with Gasteiger partial charge in [-0.15, -0.1) is 0 Å². The average molecular weight is 334 g/mol. The average Bonchev–Trinajstić information content (AvgIpc) is 2.46. The van der Waals surface area contributed by atoms with Gasteiger partial charge in [0.25, 0.3) is 0 Å². The predicted octanol–water partition coefficient (Wildman–Crippen LogP) is 3.89. The van der Waals surface area contributed by atoms with Gasteiger partial charge in [0.2, 0.25) is 0 Å². The van der Waals surface area contributed by atoms with Gasteiger partial charge in [0.1, 0.15) is 0 Å². The quantitative estimate of drug-likeness (QED) is 0.923. The van der Waals surface area contributed by atoms with E-state index in [1.54, 1.807) is 0 Å². The molecule has 1 unspecified atom stereocenters. The highest BCUT2D eigenvalue weighted by Crippen LogP contribution is 2.24. The van der Waals surface area contributed by atoms with Crippen LogP contribution in [-0.2, 0) is 0 Å². The Balaban J connectivity index is 1.77. The molecular weight excluding hydrogens is 314 g/mol. The van der Waals surface area contributed by atoms with Crippen molar-refractivity contribution in [2.45, 2.75) is 25.3 Å². The topological polar surface area (TPSA) is 28.2 Å². The van der Waals surface area contributed by atoms with Crippen molar-refractivity contribution in [1.82, 2.24) is 9.88 Å². The largest absolute Gasteiger partial charge is 0.382 e. The number of para-hydroxylation sites is 1. The number of benzene rings is 1. The van der Waals surface area contributed by atoms with Crippen LogP contribution >= 0.6 is 15.9 Å². The molecule has 1 aromatic carbocycles. The van der Waals surface area contributed by atoms with Gasteiger partial charge < -0.3 is 10.2 Å². The third-order valence-electron chi connectivity index (χ3n) is 4.13. The van der Waals surface area contributed by atoms with Crippen molar-refractivity contribution in [3.63, 3.8) is 0 Å². The van der Waals surface area contributed by atoms with Gasteiger partial charge in [-0.25, -0.2) is 0 Å². The summed E-state index contributed by atoms with van der Waals surface area (Å²) in [6.07, 6.45) is 5.82. The third-order valence-corrected chi connectivity index (χ3v) is 4.56. The molecule has 1 aliphatic heterocycles. The fourth-order valence-corrected chi connectivity index (χ4v) is 3.26. The minimum Gasteiger partial charge on any atom is -0.382 e. The fourth-order valence-electron chi connectivity index (χ4n) is 2.91. The van der Waals surface area contributed by atoms with Crippen LogP contribution in [0.25, 0.3) is 10.9 Å². The number of piperidine rings is 1. The summed E-state index contributed by atoms with van der Waals surface area (Å²) >= 11 is 3.48. The summed E-state index contributed by atoms with van der Waals surface area (Å²) in [5, 5.41) is 4.76. The molecule has 1 saturated heterocycles. The van der Waals surface area contributed by atoms with Crippen molar-refractivity contribution in [1.29, 1.82) is 0 Å². The fraction of sp³-hybridized carbons (Fsp3) is 0.438. The summed E-state index contributed by atoms with van der Waals surface area (Å²) in [5.41, 5.74) is 2.18. The second-order valence-corrected chi connectivity index (χ2v) is 6.46. The highest BCUT2D eigenvalue weighted by molar-refractivity contribution is 9.10. The molecule has 106 valence electrons. The number of rotatable bonds is 3. The maximum absolute atomic E-state index is 4.54. The van der Waals surface area contributed by atoms with Crippen LogP contribution in [0.4, 0.5) is 5.69 Å². The number of likely N-dealkylation sites (tertiary alicyclic amines) is 1. The van der Waals surface area contributed by atoms with Crippen molar-refractivity contribution in [2.75, 3.05) is 25.5 Å². The Bertz CT molecular complexity index is 599. The molecule has 3 nitrogen and oxygen atoms in total. The molecule has 20 heavy (non-hydrogen) atoms. The summed E-state index contributed by atoms with van der Waals surface area (Å²) in [7, 11) is 2.23. The van der Waals surface area contributed by atoms with Crippen molar-refractivity contribution >= 4 is 32.5 Å². The molecule has 1 fully saturated rings. The third kappa shape index (κ3) is 2.96. The molecular formula is C16H20BrN3. The Kier molecular flexibility index (Phi) is 4.22. The molecule has 1 aromatic heterocycles. The Morgan fingerprint density at radius 3 is 3.15 bits per heavy atom. The monoisotopic (exact) mass is 333 g/mol. The molecule has 2 aromatic rings. The maximum atomic E-state index is 4.54. The van der Waals surface area contributed by atoms with Gasteiger partial charge in [0, 0.05) is 28.6 Å². The Morgan fingerprint density at radius 2 is 2.30 bits per heavy atom. The van der Waals surface area contributed by atoms with Gasteiger partial charge in [-0.1, -0.05) is 18.6 Å². The van der Waals surface area contributed by atoms with Crippen LogP contribution in [0.2, 0.25) is 0 Å². The van der Waals surface area contributed by atoms with Gasteiger partial charge in [-0.3, -0.25) is 4.98 Å². The van der Waals surface area contributed by atoms with Crippen LogP contribution in [-0.4, -0.2) is 36.1 Å². The van der Waals surface area contributed by atoms with Crippen LogP contribution in [0, 0.1) is 0 Å². The summed E-state index contributed by atoms with van der Waals surface area (Å²) in [6, 6.07) is 9.05. The van der Waals surface area contributed by atoms with Crippen LogP contribution < -0.4 is 5.32 Å². The van der Waals surface area contributed by atoms with Crippen molar-refractivity contribution < 1.29 is 0 Å². The SMILES string of the molecule is CN1CCCCC1CNc1cccc2cc(Br)cnc12. The van der Waals surface area contributed by atoms with E-state index in [1.807, 2.05) is 6.20 Å². The molecule has 0 spiro atoms. The van der Waals surface area contributed by atoms with Gasteiger partial charge in [0.05, 0.1) is 11.2 Å². The van der Waals surface area contributed by atoms with Gasteiger partial charge >= 0.3 is 0 Å². The highest BCUT2D eigenvalue weighted by atomic mass is 79.9. The lowest BCUT2D eigenvalue weighted by Gasteiger charge is -2.32. The molecule has 2 heterocycles. The van der Waals surface area contributed by atoms with Gasteiger partial charge in [0.15, 0.2) is 0 Å². The first kappa shape index (κ1) is 13.8. The zero-order valence-corrected chi connectivity index (χ0v) is 13.4. The van der Waals surface area contributed by atoms with E-state index in [9.17, 15) is 0 Å². The van der Waals surface area contributed by atoms with E-state index < -0.39 is 0 Å². The molecule has 1 aliphatic rings. The molecule has 0 saturated carbocycles.